The molecule has 1 saturated heterocycles. The van der Waals surface area contributed by atoms with E-state index >= 15 is 0 Å². The summed E-state index contributed by atoms with van der Waals surface area (Å²) >= 11 is 0. The fourth-order valence-corrected chi connectivity index (χ4v) is 4.72. The summed E-state index contributed by atoms with van der Waals surface area (Å²) in [6, 6.07) is 9.62. The van der Waals surface area contributed by atoms with Crippen molar-refractivity contribution in [2.24, 2.45) is 0 Å². The monoisotopic (exact) mass is 473 g/mol. The van der Waals surface area contributed by atoms with Gasteiger partial charge in [-0.15, -0.1) is 0 Å². The van der Waals surface area contributed by atoms with Crippen LogP contribution in [0.2, 0.25) is 0 Å². The molecule has 1 fully saturated rings. The maximum absolute atomic E-state index is 13.9. The standard InChI is InChI=1S/C26H32FNO6/c1-17(2)33-24-16-26(34-21-7-5-19(27)15-20(21)24)8-10-28(11-9-26)25(30)18-4-6-22(32-13-12-29)23(14-18)31-3/h4-7,14-15,17,24,29H,8-13,16H2,1-3H3/t24-/m1/s1. The highest BCUT2D eigenvalue weighted by Crippen LogP contribution is 2.46. The van der Waals surface area contributed by atoms with Crippen molar-refractivity contribution < 1.29 is 33.2 Å². The summed E-state index contributed by atoms with van der Waals surface area (Å²) < 4.78 is 37.3. The Kier molecular flexibility index (Phi) is 7.28. The van der Waals surface area contributed by atoms with Crippen LogP contribution in [0.1, 0.15) is 55.1 Å². The number of piperidine rings is 1. The number of ether oxygens (including phenoxy) is 4. The van der Waals surface area contributed by atoms with Gasteiger partial charge in [-0.2, -0.15) is 0 Å². The summed E-state index contributed by atoms with van der Waals surface area (Å²) in [6.45, 7) is 5.05. The molecule has 1 atom stereocenters. The van der Waals surface area contributed by atoms with Crippen LogP contribution >= 0.6 is 0 Å². The number of carbonyl (C=O) groups excluding carboxylic acids is 1. The van der Waals surface area contributed by atoms with E-state index in [2.05, 4.69) is 0 Å². The molecule has 2 heterocycles. The van der Waals surface area contributed by atoms with E-state index < -0.39 is 5.60 Å². The lowest BCUT2D eigenvalue weighted by Crippen LogP contribution is -2.52. The Morgan fingerprint density at radius 3 is 2.65 bits per heavy atom. The van der Waals surface area contributed by atoms with E-state index in [-0.39, 0.29) is 37.1 Å². The molecule has 7 nitrogen and oxygen atoms in total. The maximum Gasteiger partial charge on any atom is 0.253 e. The molecule has 2 aromatic rings. The van der Waals surface area contributed by atoms with Gasteiger partial charge in [0.2, 0.25) is 0 Å². The molecule has 4 rings (SSSR count). The highest BCUT2D eigenvalue weighted by molar-refractivity contribution is 5.95. The SMILES string of the molecule is COc1cc(C(=O)N2CCC3(CC2)C[C@@H](OC(C)C)c2cc(F)ccc2O3)ccc1OCCO. The lowest BCUT2D eigenvalue weighted by molar-refractivity contribution is -0.0873. The quantitative estimate of drug-likeness (QED) is 0.652. The fraction of sp³-hybridized carbons (Fsp3) is 0.500. The van der Waals surface area contributed by atoms with Gasteiger partial charge in [0.25, 0.3) is 5.91 Å². The Labute approximate surface area is 199 Å². The Morgan fingerprint density at radius 1 is 1.21 bits per heavy atom. The van der Waals surface area contributed by atoms with Crippen molar-refractivity contribution >= 4 is 5.91 Å². The topological polar surface area (TPSA) is 77.5 Å². The predicted molar refractivity (Wildman–Crippen MR) is 124 cm³/mol. The molecule has 0 radical (unpaired) electrons. The van der Waals surface area contributed by atoms with Crippen molar-refractivity contribution in [3.63, 3.8) is 0 Å². The largest absolute Gasteiger partial charge is 0.493 e. The highest BCUT2D eigenvalue weighted by Gasteiger charge is 2.45. The molecule has 0 unspecified atom stereocenters. The van der Waals surface area contributed by atoms with E-state index in [1.165, 1.54) is 19.2 Å². The molecular weight excluding hydrogens is 441 g/mol. The third-order valence-corrected chi connectivity index (χ3v) is 6.36. The van der Waals surface area contributed by atoms with E-state index in [1.807, 2.05) is 18.7 Å². The summed E-state index contributed by atoms with van der Waals surface area (Å²) in [4.78, 5) is 15.0. The van der Waals surface area contributed by atoms with Crippen molar-refractivity contribution in [1.29, 1.82) is 0 Å². The van der Waals surface area contributed by atoms with Crippen LogP contribution < -0.4 is 14.2 Å². The van der Waals surface area contributed by atoms with Crippen LogP contribution in [-0.2, 0) is 4.74 Å². The summed E-state index contributed by atoms with van der Waals surface area (Å²) in [6.07, 6.45) is 1.67. The van der Waals surface area contributed by atoms with Crippen LogP contribution in [0.15, 0.2) is 36.4 Å². The first kappa shape index (κ1) is 24.3. The second-order valence-corrected chi connectivity index (χ2v) is 9.07. The summed E-state index contributed by atoms with van der Waals surface area (Å²) in [5.41, 5.74) is 0.796. The molecule has 2 aliphatic rings. The molecule has 184 valence electrons. The van der Waals surface area contributed by atoms with Crippen LogP contribution in [0, 0.1) is 5.82 Å². The average Bonchev–Trinajstić information content (AvgIpc) is 2.83. The second-order valence-electron chi connectivity index (χ2n) is 9.07. The van der Waals surface area contributed by atoms with E-state index in [0.29, 0.717) is 55.2 Å². The van der Waals surface area contributed by atoms with E-state index in [9.17, 15) is 9.18 Å². The van der Waals surface area contributed by atoms with Crippen LogP contribution in [0.4, 0.5) is 4.39 Å². The molecule has 34 heavy (non-hydrogen) atoms. The van der Waals surface area contributed by atoms with Gasteiger partial charge in [-0.3, -0.25) is 4.79 Å². The first-order chi connectivity index (χ1) is 16.3. The number of aliphatic hydroxyl groups excluding tert-OH is 1. The summed E-state index contributed by atoms with van der Waals surface area (Å²) in [5, 5.41) is 8.97. The average molecular weight is 474 g/mol. The maximum atomic E-state index is 13.9. The molecule has 0 bridgehead atoms. The van der Waals surface area contributed by atoms with E-state index in [1.54, 1.807) is 24.3 Å². The van der Waals surface area contributed by atoms with Gasteiger partial charge in [0.1, 0.15) is 23.8 Å². The van der Waals surface area contributed by atoms with Crippen molar-refractivity contribution in [2.75, 3.05) is 33.4 Å². The minimum atomic E-state index is -0.457. The number of rotatable bonds is 7. The minimum absolute atomic E-state index is 0.00255. The molecule has 0 aromatic heterocycles. The zero-order chi connectivity index (χ0) is 24.3. The van der Waals surface area contributed by atoms with Gasteiger partial charge in [0.15, 0.2) is 11.5 Å². The van der Waals surface area contributed by atoms with Gasteiger partial charge < -0.3 is 29.0 Å². The smallest absolute Gasteiger partial charge is 0.253 e. The number of methoxy groups -OCH3 is 1. The Balaban J connectivity index is 1.47. The summed E-state index contributed by atoms with van der Waals surface area (Å²) in [5.74, 6) is 1.18. The number of benzene rings is 2. The van der Waals surface area contributed by atoms with Gasteiger partial charge in [-0.1, -0.05) is 0 Å². The van der Waals surface area contributed by atoms with Crippen LogP contribution in [-0.4, -0.2) is 61.0 Å². The van der Waals surface area contributed by atoms with E-state index in [4.69, 9.17) is 24.1 Å². The predicted octanol–water partition coefficient (Wildman–Crippen LogP) is 4.13. The number of nitrogens with zero attached hydrogens (tertiary/aromatic N) is 1. The molecule has 1 amide bonds. The van der Waals surface area contributed by atoms with Crippen LogP contribution in [0.3, 0.4) is 0 Å². The molecule has 2 aromatic carbocycles. The first-order valence-electron chi connectivity index (χ1n) is 11.7. The molecule has 1 N–H and O–H groups in total. The van der Waals surface area contributed by atoms with Crippen LogP contribution in [0.5, 0.6) is 17.2 Å². The lowest BCUT2D eigenvalue weighted by atomic mass is 9.81. The molecule has 0 aliphatic carbocycles. The molecular formula is C26H32FNO6. The van der Waals surface area contributed by atoms with Crippen molar-refractivity contribution in [2.45, 2.75) is 50.9 Å². The Morgan fingerprint density at radius 2 is 1.97 bits per heavy atom. The number of halogens is 1. The normalized spacial score (nSPS) is 19.0. The number of likely N-dealkylation sites (tertiary alicyclic amines) is 1. The van der Waals surface area contributed by atoms with Gasteiger partial charge in [-0.25, -0.2) is 4.39 Å². The number of carbonyl (C=O) groups is 1. The Hall–Kier alpha value is -2.84. The van der Waals surface area contributed by atoms with Gasteiger partial charge in [0.05, 0.1) is 25.9 Å². The third-order valence-electron chi connectivity index (χ3n) is 6.36. The minimum Gasteiger partial charge on any atom is -0.493 e. The highest BCUT2D eigenvalue weighted by atomic mass is 19.1. The molecule has 0 saturated carbocycles. The third kappa shape index (κ3) is 5.13. The number of fused-ring (bicyclic) bond motifs is 1. The van der Waals surface area contributed by atoms with Gasteiger partial charge in [0, 0.05) is 43.5 Å². The molecule has 2 aliphatic heterocycles. The van der Waals surface area contributed by atoms with E-state index in [0.717, 1.165) is 5.56 Å². The first-order valence-corrected chi connectivity index (χ1v) is 11.7. The number of hydrogen-bond acceptors (Lipinski definition) is 6. The van der Waals surface area contributed by atoms with Gasteiger partial charge in [-0.05, 0) is 50.2 Å². The number of hydrogen-bond donors (Lipinski definition) is 1. The molecule has 1 spiro atoms. The van der Waals surface area contributed by atoms with Crippen molar-refractivity contribution in [3.05, 3.63) is 53.3 Å². The van der Waals surface area contributed by atoms with Crippen molar-refractivity contribution in [1.82, 2.24) is 4.90 Å². The molecule has 8 heteroatoms. The van der Waals surface area contributed by atoms with Gasteiger partial charge >= 0.3 is 0 Å². The second kappa shape index (κ2) is 10.2. The zero-order valence-corrected chi connectivity index (χ0v) is 19.9. The number of amides is 1. The number of aliphatic hydroxyl groups is 1. The Bertz CT molecular complexity index is 1020. The van der Waals surface area contributed by atoms with Crippen LogP contribution in [0.25, 0.3) is 0 Å². The lowest BCUT2D eigenvalue weighted by Gasteiger charge is -2.47. The zero-order valence-electron chi connectivity index (χ0n) is 19.9. The fourth-order valence-electron chi connectivity index (χ4n) is 4.72. The summed E-state index contributed by atoms with van der Waals surface area (Å²) in [7, 11) is 1.51. The van der Waals surface area contributed by atoms with Crippen molar-refractivity contribution in [3.8, 4) is 17.2 Å².